The molecular weight excluding hydrogens is 242 g/mol. The number of nitrogens with one attached hydrogen (secondary N) is 1. The fraction of sp³-hybridized carbons (Fsp3) is 0.286. The van der Waals surface area contributed by atoms with Gasteiger partial charge >= 0.3 is 6.09 Å². The van der Waals surface area contributed by atoms with Gasteiger partial charge in [-0.3, -0.25) is 4.98 Å². The van der Waals surface area contributed by atoms with E-state index in [9.17, 15) is 4.79 Å². The van der Waals surface area contributed by atoms with E-state index in [2.05, 4.69) is 10.3 Å². The fourth-order valence-corrected chi connectivity index (χ4v) is 2.49. The molecule has 1 aliphatic heterocycles. The predicted molar refractivity (Wildman–Crippen MR) is 73.4 cm³/mol. The first-order valence-electron chi connectivity index (χ1n) is 6.32. The highest BCUT2D eigenvalue weighted by molar-refractivity contribution is 5.90. The van der Waals surface area contributed by atoms with Crippen LogP contribution in [0, 0.1) is 0 Å². The first-order chi connectivity index (χ1) is 9.24. The molecule has 19 heavy (non-hydrogen) atoms. The minimum atomic E-state index is -0.847. The summed E-state index contributed by atoms with van der Waals surface area (Å²) in [6, 6.07) is 10.1. The second-order valence-electron chi connectivity index (χ2n) is 4.74. The van der Waals surface area contributed by atoms with E-state index in [-0.39, 0.29) is 6.04 Å². The number of likely N-dealkylation sites (tertiary alicyclic amines) is 1. The van der Waals surface area contributed by atoms with Crippen LogP contribution in [0.2, 0.25) is 0 Å². The number of benzene rings is 1. The Labute approximate surface area is 110 Å². The smallest absolute Gasteiger partial charge is 0.407 e. The summed E-state index contributed by atoms with van der Waals surface area (Å²) in [5.41, 5.74) is 1.90. The van der Waals surface area contributed by atoms with Crippen LogP contribution in [-0.4, -0.2) is 40.2 Å². The Balaban J connectivity index is 1.81. The number of hydrogen-bond acceptors (Lipinski definition) is 3. The molecule has 2 heterocycles. The third-order valence-electron chi connectivity index (χ3n) is 3.45. The van der Waals surface area contributed by atoms with Crippen molar-refractivity contribution < 1.29 is 9.90 Å². The normalized spacial score (nSPS) is 18.7. The lowest BCUT2D eigenvalue weighted by Gasteiger charge is -2.16. The molecule has 0 spiro atoms. The van der Waals surface area contributed by atoms with Crippen LogP contribution in [0.5, 0.6) is 0 Å². The van der Waals surface area contributed by atoms with Crippen LogP contribution in [0.1, 0.15) is 6.42 Å². The van der Waals surface area contributed by atoms with Crippen molar-refractivity contribution in [1.82, 2.24) is 9.88 Å². The minimum Gasteiger partial charge on any atom is -0.465 e. The van der Waals surface area contributed by atoms with Gasteiger partial charge in [0.1, 0.15) is 0 Å². The molecule has 1 aromatic heterocycles. The summed E-state index contributed by atoms with van der Waals surface area (Å²) in [5, 5.41) is 13.4. The highest BCUT2D eigenvalue weighted by Gasteiger charge is 2.25. The van der Waals surface area contributed by atoms with Crippen LogP contribution >= 0.6 is 0 Å². The Morgan fingerprint density at radius 3 is 3.00 bits per heavy atom. The summed E-state index contributed by atoms with van der Waals surface area (Å²) < 4.78 is 0. The molecule has 2 N–H and O–H groups in total. The Kier molecular flexibility index (Phi) is 2.95. The fourth-order valence-electron chi connectivity index (χ4n) is 2.49. The first-order valence-corrected chi connectivity index (χ1v) is 6.32. The van der Waals surface area contributed by atoms with Crippen LogP contribution in [0.15, 0.2) is 36.5 Å². The number of hydrogen-bond donors (Lipinski definition) is 2. The molecule has 0 saturated carbocycles. The molecule has 5 heteroatoms. The van der Waals surface area contributed by atoms with Gasteiger partial charge in [0, 0.05) is 30.7 Å². The van der Waals surface area contributed by atoms with Crippen molar-refractivity contribution in [3.63, 3.8) is 0 Å². The summed E-state index contributed by atoms with van der Waals surface area (Å²) in [5.74, 6) is 0. The third kappa shape index (κ3) is 2.31. The molecule has 1 fully saturated rings. The van der Waals surface area contributed by atoms with Gasteiger partial charge < -0.3 is 15.3 Å². The van der Waals surface area contributed by atoms with E-state index in [1.54, 1.807) is 6.20 Å². The van der Waals surface area contributed by atoms with Crippen molar-refractivity contribution >= 4 is 22.7 Å². The number of pyridine rings is 1. The van der Waals surface area contributed by atoms with Gasteiger partial charge in [0.15, 0.2) is 0 Å². The van der Waals surface area contributed by atoms with Crippen molar-refractivity contribution in [1.29, 1.82) is 0 Å². The van der Waals surface area contributed by atoms with Crippen LogP contribution in [0.4, 0.5) is 10.5 Å². The lowest BCUT2D eigenvalue weighted by atomic mass is 10.1. The van der Waals surface area contributed by atoms with Crippen molar-refractivity contribution in [3.05, 3.63) is 36.5 Å². The molecule has 3 rings (SSSR count). The average Bonchev–Trinajstić information content (AvgIpc) is 2.88. The summed E-state index contributed by atoms with van der Waals surface area (Å²) in [6.07, 6.45) is 1.75. The van der Waals surface area contributed by atoms with Gasteiger partial charge in [0.2, 0.25) is 0 Å². The van der Waals surface area contributed by atoms with Crippen LogP contribution in [-0.2, 0) is 0 Å². The number of aromatic nitrogens is 1. The zero-order valence-corrected chi connectivity index (χ0v) is 10.4. The molecule has 1 aliphatic rings. The van der Waals surface area contributed by atoms with Crippen molar-refractivity contribution in [3.8, 4) is 0 Å². The van der Waals surface area contributed by atoms with Crippen molar-refractivity contribution in [2.24, 2.45) is 0 Å². The van der Waals surface area contributed by atoms with Gasteiger partial charge in [-0.05, 0) is 18.6 Å². The molecule has 1 amide bonds. The molecule has 2 aromatic rings. The Bertz CT molecular complexity index is 609. The molecule has 0 radical (unpaired) electrons. The maximum absolute atomic E-state index is 10.9. The van der Waals surface area contributed by atoms with E-state index in [1.165, 1.54) is 4.90 Å². The highest BCUT2D eigenvalue weighted by atomic mass is 16.4. The second-order valence-corrected chi connectivity index (χ2v) is 4.74. The summed E-state index contributed by atoms with van der Waals surface area (Å²) in [7, 11) is 0. The topological polar surface area (TPSA) is 65.5 Å². The number of nitrogens with zero attached hydrogens (tertiary/aromatic N) is 2. The zero-order valence-electron chi connectivity index (χ0n) is 10.4. The Morgan fingerprint density at radius 1 is 1.37 bits per heavy atom. The van der Waals surface area contributed by atoms with E-state index in [0.29, 0.717) is 13.1 Å². The molecule has 1 aromatic carbocycles. The maximum Gasteiger partial charge on any atom is 0.407 e. The molecule has 0 bridgehead atoms. The van der Waals surface area contributed by atoms with Crippen molar-refractivity contribution in [2.45, 2.75) is 12.5 Å². The van der Waals surface area contributed by atoms with Gasteiger partial charge in [-0.2, -0.15) is 0 Å². The van der Waals surface area contributed by atoms with E-state index in [1.807, 2.05) is 30.3 Å². The Morgan fingerprint density at radius 2 is 2.21 bits per heavy atom. The lowest BCUT2D eigenvalue weighted by molar-refractivity contribution is 0.155. The number of carbonyl (C=O) groups is 1. The molecule has 1 saturated heterocycles. The SMILES string of the molecule is O=C(O)N1CCC(Nc2cccc3cccnc23)C1. The number of amides is 1. The zero-order chi connectivity index (χ0) is 13.2. The molecule has 0 aliphatic carbocycles. The van der Waals surface area contributed by atoms with Crippen LogP contribution < -0.4 is 5.32 Å². The lowest BCUT2D eigenvalue weighted by Crippen LogP contribution is -2.30. The van der Waals surface area contributed by atoms with Gasteiger partial charge in [-0.1, -0.05) is 18.2 Å². The minimum absolute atomic E-state index is 0.156. The number of para-hydroxylation sites is 1. The molecule has 98 valence electrons. The molecule has 1 atom stereocenters. The van der Waals surface area contributed by atoms with Gasteiger partial charge in [0.05, 0.1) is 11.2 Å². The largest absolute Gasteiger partial charge is 0.465 e. The van der Waals surface area contributed by atoms with E-state index < -0.39 is 6.09 Å². The van der Waals surface area contributed by atoms with Crippen LogP contribution in [0.3, 0.4) is 0 Å². The van der Waals surface area contributed by atoms with E-state index >= 15 is 0 Å². The summed E-state index contributed by atoms with van der Waals surface area (Å²) >= 11 is 0. The molecular formula is C14H15N3O2. The standard InChI is InChI=1S/C14H15N3O2/c18-14(19)17-8-6-11(9-17)16-12-5-1-3-10-4-2-7-15-13(10)12/h1-5,7,11,16H,6,8-9H2,(H,18,19). The van der Waals surface area contributed by atoms with E-state index in [0.717, 1.165) is 23.0 Å². The highest BCUT2D eigenvalue weighted by Crippen LogP contribution is 2.23. The van der Waals surface area contributed by atoms with E-state index in [4.69, 9.17) is 5.11 Å². The number of anilines is 1. The first kappa shape index (κ1) is 11.8. The number of carboxylic acid groups (broad SMARTS) is 1. The summed E-state index contributed by atoms with van der Waals surface area (Å²) in [6.45, 7) is 1.11. The number of rotatable bonds is 2. The third-order valence-corrected chi connectivity index (χ3v) is 3.45. The maximum atomic E-state index is 10.9. The van der Waals surface area contributed by atoms with Gasteiger partial charge in [0.25, 0.3) is 0 Å². The second kappa shape index (κ2) is 4.76. The monoisotopic (exact) mass is 257 g/mol. The molecule has 1 unspecified atom stereocenters. The molecule has 5 nitrogen and oxygen atoms in total. The Hall–Kier alpha value is -2.30. The number of fused-ring (bicyclic) bond motifs is 1. The quantitative estimate of drug-likeness (QED) is 0.867. The van der Waals surface area contributed by atoms with Crippen molar-refractivity contribution in [2.75, 3.05) is 18.4 Å². The summed E-state index contributed by atoms with van der Waals surface area (Å²) in [4.78, 5) is 16.7. The van der Waals surface area contributed by atoms with Gasteiger partial charge in [-0.15, -0.1) is 0 Å². The predicted octanol–water partition coefficient (Wildman–Crippen LogP) is 2.40. The van der Waals surface area contributed by atoms with Crippen LogP contribution in [0.25, 0.3) is 10.9 Å². The average molecular weight is 257 g/mol. The van der Waals surface area contributed by atoms with Gasteiger partial charge in [-0.25, -0.2) is 4.79 Å².